The molecule has 1 fully saturated rings. The number of benzene rings is 1. The molecule has 4 atom stereocenters. The molecule has 1 N–H and O–H groups in total. The summed E-state index contributed by atoms with van der Waals surface area (Å²) >= 11 is 1.26. The second kappa shape index (κ2) is 7.67. The van der Waals surface area contributed by atoms with Gasteiger partial charge in [0.05, 0.1) is 24.3 Å². The summed E-state index contributed by atoms with van der Waals surface area (Å²) in [6, 6.07) is 8.06. The van der Waals surface area contributed by atoms with Gasteiger partial charge in [-0.2, -0.15) is 0 Å². The predicted octanol–water partition coefficient (Wildman–Crippen LogP) is 0.142. The van der Waals surface area contributed by atoms with Crippen LogP contribution in [0.25, 0.3) is 0 Å². The van der Waals surface area contributed by atoms with Crippen LogP contribution in [-0.2, 0) is 19.0 Å². The molecule has 1 saturated heterocycles. The van der Waals surface area contributed by atoms with Gasteiger partial charge in [0.1, 0.15) is 11.4 Å². The van der Waals surface area contributed by atoms with Crippen molar-refractivity contribution in [3.8, 4) is 0 Å². The van der Waals surface area contributed by atoms with Crippen molar-refractivity contribution in [1.29, 1.82) is 0 Å². The molecule has 0 aromatic heterocycles. The smallest absolute Gasteiger partial charge is 0.337 e. The van der Waals surface area contributed by atoms with E-state index in [-0.39, 0.29) is 6.42 Å². The Kier molecular flexibility index (Phi) is 5.87. The molecule has 8 heteroatoms. The zero-order valence-corrected chi connectivity index (χ0v) is 13.1. The molecule has 6 nitrogen and oxygen atoms in total. The number of hydrogen-bond acceptors (Lipinski definition) is 7. The van der Waals surface area contributed by atoms with E-state index in [4.69, 9.17) is 9.47 Å². The number of rotatable bonds is 5. The molecule has 0 amide bonds. The van der Waals surface area contributed by atoms with E-state index in [9.17, 15) is 14.7 Å². The van der Waals surface area contributed by atoms with Gasteiger partial charge >= 0.3 is 11.9 Å². The second-order valence-electron chi connectivity index (χ2n) is 4.83. The summed E-state index contributed by atoms with van der Waals surface area (Å²) in [4.78, 5) is 23.2. The highest BCUT2D eigenvalue weighted by Crippen LogP contribution is 2.36. The lowest BCUT2D eigenvalue weighted by molar-refractivity contribution is -0.144. The summed E-state index contributed by atoms with van der Waals surface area (Å²) in [5.74, 6) is -0.877. The van der Waals surface area contributed by atoms with Crippen LogP contribution in [0.1, 0.15) is 16.8 Å². The van der Waals surface area contributed by atoms with Crippen LogP contribution in [-0.4, -0.2) is 55.0 Å². The number of thioether (sulfide) groups is 1. The average molecular weight is 324 g/mol. The number of carbonyl (C=O) groups excluding carboxylic acids is 2. The van der Waals surface area contributed by atoms with E-state index >= 15 is 0 Å². The maximum Gasteiger partial charge on any atom is 0.337 e. The summed E-state index contributed by atoms with van der Waals surface area (Å²) in [6.07, 6.45) is -1.05. The fourth-order valence-corrected chi connectivity index (χ4v) is 3.21. The van der Waals surface area contributed by atoms with Gasteiger partial charge in [-0.1, -0.05) is 18.2 Å². The van der Waals surface area contributed by atoms with Gasteiger partial charge in [-0.25, -0.2) is 4.79 Å². The molecule has 22 heavy (non-hydrogen) atoms. The summed E-state index contributed by atoms with van der Waals surface area (Å²) in [7, 11) is 2.97. The normalized spacial score (nSPS) is 25.5. The first-order valence-electron chi connectivity index (χ1n) is 6.83. The van der Waals surface area contributed by atoms with Crippen LogP contribution in [0.15, 0.2) is 30.3 Å². The van der Waals surface area contributed by atoms with Gasteiger partial charge in [0.2, 0.25) is 0 Å². The lowest BCUT2D eigenvalue weighted by atomic mass is 10.0. The highest BCUT2D eigenvalue weighted by Gasteiger charge is 2.40. The third kappa shape index (κ3) is 4.25. The molecule has 1 heterocycles. The van der Waals surface area contributed by atoms with Crippen molar-refractivity contribution in [2.24, 2.45) is 0 Å². The van der Waals surface area contributed by atoms with E-state index in [1.54, 1.807) is 32.1 Å². The predicted molar refractivity (Wildman–Crippen MR) is 83.1 cm³/mol. The molecule has 1 aliphatic rings. The first kappa shape index (κ1) is 16.9. The minimum absolute atomic E-state index is 0.0399. The molecule has 0 bridgehead atoms. The standard InChI is InChI=1S/C14H17BO6S/c1-19-10(16)7-9-13(18)21-14(22-9)11(15)20-12(17)8-5-3-2-4-6-8/h2-6,9,11,13-14,18H,7,15H2,1H3/t9?,11-,13?,14?/m1/s1. The summed E-state index contributed by atoms with van der Waals surface area (Å²) in [6.45, 7) is 0. The van der Waals surface area contributed by atoms with Gasteiger partial charge in [0.25, 0.3) is 0 Å². The van der Waals surface area contributed by atoms with Crippen LogP contribution in [0.2, 0.25) is 0 Å². The zero-order chi connectivity index (χ0) is 16.1. The molecule has 2 rings (SSSR count). The molecule has 118 valence electrons. The van der Waals surface area contributed by atoms with Crippen molar-refractivity contribution in [3.63, 3.8) is 0 Å². The number of esters is 2. The van der Waals surface area contributed by atoms with Gasteiger partial charge in [0.15, 0.2) is 14.1 Å². The minimum Gasteiger partial charge on any atom is -0.469 e. The van der Waals surface area contributed by atoms with Crippen molar-refractivity contribution in [2.75, 3.05) is 7.11 Å². The molecule has 1 aliphatic heterocycles. The van der Waals surface area contributed by atoms with E-state index < -0.39 is 34.9 Å². The number of methoxy groups -OCH3 is 1. The second-order valence-corrected chi connectivity index (χ2v) is 6.17. The average Bonchev–Trinajstić information content (AvgIpc) is 2.89. The van der Waals surface area contributed by atoms with E-state index in [1.165, 1.54) is 18.9 Å². The molecule has 3 unspecified atom stereocenters. The minimum atomic E-state index is -1.09. The molecular formula is C14H17BO6S. The topological polar surface area (TPSA) is 82.1 Å². The SMILES string of the molecule is B[C@H](OC(=O)c1ccccc1)C1OC(O)C(CC(=O)OC)S1. The number of aliphatic hydroxyl groups is 1. The molecule has 0 aliphatic carbocycles. The third-order valence-electron chi connectivity index (χ3n) is 3.18. The number of carbonyl (C=O) groups is 2. The maximum atomic E-state index is 12.0. The Hall–Kier alpha value is -1.51. The molecule has 1 aromatic carbocycles. The first-order valence-corrected chi connectivity index (χ1v) is 7.77. The van der Waals surface area contributed by atoms with Crippen LogP contribution < -0.4 is 0 Å². The first-order chi connectivity index (χ1) is 10.5. The van der Waals surface area contributed by atoms with E-state index in [0.29, 0.717) is 5.56 Å². The lowest BCUT2D eigenvalue weighted by Crippen LogP contribution is -2.30. The van der Waals surface area contributed by atoms with E-state index in [2.05, 4.69) is 4.74 Å². The quantitative estimate of drug-likeness (QED) is 0.609. The Morgan fingerprint density at radius 3 is 2.73 bits per heavy atom. The van der Waals surface area contributed by atoms with Crippen molar-refractivity contribution < 1.29 is 28.9 Å². The van der Waals surface area contributed by atoms with Crippen molar-refractivity contribution in [3.05, 3.63) is 35.9 Å². The third-order valence-corrected chi connectivity index (χ3v) is 4.69. The monoisotopic (exact) mass is 324 g/mol. The van der Waals surface area contributed by atoms with Crippen molar-refractivity contribution >= 4 is 31.5 Å². The lowest BCUT2D eigenvalue weighted by Gasteiger charge is -2.19. The van der Waals surface area contributed by atoms with Gasteiger partial charge in [0, 0.05) is 0 Å². The summed E-state index contributed by atoms with van der Waals surface area (Å²) in [5, 5.41) is 9.38. The Bertz CT molecular complexity index is 525. The van der Waals surface area contributed by atoms with Gasteiger partial charge in [-0.15, -0.1) is 11.8 Å². The summed E-state index contributed by atoms with van der Waals surface area (Å²) in [5.41, 5.74) is -0.0821. The van der Waals surface area contributed by atoms with Gasteiger partial charge in [-0.3, -0.25) is 4.79 Å². The van der Waals surface area contributed by atoms with Crippen LogP contribution in [0.4, 0.5) is 0 Å². The van der Waals surface area contributed by atoms with Crippen molar-refractivity contribution in [2.45, 2.75) is 29.4 Å². The van der Waals surface area contributed by atoms with Crippen LogP contribution in [0, 0.1) is 0 Å². The molecule has 1 aromatic rings. The molecule has 0 spiro atoms. The maximum absolute atomic E-state index is 12.0. The number of aliphatic hydroxyl groups excluding tert-OH is 1. The highest BCUT2D eigenvalue weighted by molar-refractivity contribution is 8.00. The molecule has 0 radical (unpaired) electrons. The number of ether oxygens (including phenoxy) is 3. The van der Waals surface area contributed by atoms with Crippen LogP contribution in [0.5, 0.6) is 0 Å². The van der Waals surface area contributed by atoms with E-state index in [1.807, 2.05) is 6.07 Å². The van der Waals surface area contributed by atoms with Gasteiger partial charge < -0.3 is 19.3 Å². The van der Waals surface area contributed by atoms with Gasteiger partial charge in [-0.05, 0) is 12.1 Å². The Morgan fingerprint density at radius 2 is 2.09 bits per heavy atom. The molecular weight excluding hydrogens is 307 g/mol. The summed E-state index contributed by atoms with van der Waals surface area (Å²) < 4.78 is 15.3. The fourth-order valence-electron chi connectivity index (χ4n) is 1.98. The molecule has 0 saturated carbocycles. The zero-order valence-electron chi connectivity index (χ0n) is 12.3. The van der Waals surface area contributed by atoms with Crippen molar-refractivity contribution in [1.82, 2.24) is 0 Å². The Morgan fingerprint density at radius 1 is 1.41 bits per heavy atom. The largest absolute Gasteiger partial charge is 0.469 e. The Labute approximate surface area is 133 Å². The van der Waals surface area contributed by atoms with Crippen LogP contribution >= 0.6 is 11.8 Å². The number of hydrogen-bond donors (Lipinski definition) is 1. The van der Waals surface area contributed by atoms with E-state index in [0.717, 1.165) is 0 Å². The fraction of sp³-hybridized carbons (Fsp3) is 0.429. The highest BCUT2D eigenvalue weighted by atomic mass is 32.2. The van der Waals surface area contributed by atoms with Crippen LogP contribution in [0.3, 0.4) is 0 Å². The Balaban J connectivity index is 1.89.